The van der Waals surface area contributed by atoms with Crippen molar-refractivity contribution in [2.75, 3.05) is 11.9 Å². The number of anilines is 1. The molecule has 2 aromatic carbocycles. The maximum atomic E-state index is 12.3. The van der Waals surface area contributed by atoms with Crippen molar-refractivity contribution in [3.63, 3.8) is 0 Å². The van der Waals surface area contributed by atoms with Gasteiger partial charge in [0.15, 0.2) is 0 Å². The van der Waals surface area contributed by atoms with E-state index in [0.29, 0.717) is 12.5 Å². The molecular formula is C21H26N2O2. The van der Waals surface area contributed by atoms with E-state index in [-0.39, 0.29) is 18.4 Å². The van der Waals surface area contributed by atoms with Crippen molar-refractivity contribution in [1.82, 2.24) is 4.90 Å². The highest BCUT2D eigenvalue weighted by molar-refractivity contribution is 5.94. The van der Waals surface area contributed by atoms with Crippen LogP contribution < -0.4 is 5.32 Å². The highest BCUT2D eigenvalue weighted by atomic mass is 16.2. The number of benzene rings is 2. The van der Waals surface area contributed by atoms with Crippen LogP contribution in [0.2, 0.25) is 0 Å². The third-order valence-electron chi connectivity index (χ3n) is 4.13. The Balaban J connectivity index is 1.97. The summed E-state index contributed by atoms with van der Waals surface area (Å²) in [5.74, 6) is 0.137. The molecule has 132 valence electrons. The fourth-order valence-electron chi connectivity index (χ4n) is 2.52. The van der Waals surface area contributed by atoms with E-state index < -0.39 is 0 Å². The number of amides is 2. The van der Waals surface area contributed by atoms with Crippen molar-refractivity contribution in [1.29, 1.82) is 0 Å². The molecule has 2 amide bonds. The molecule has 0 aromatic heterocycles. The van der Waals surface area contributed by atoms with E-state index in [4.69, 9.17) is 0 Å². The third-order valence-corrected chi connectivity index (χ3v) is 4.13. The highest BCUT2D eigenvalue weighted by Crippen LogP contribution is 2.17. The van der Waals surface area contributed by atoms with Crippen LogP contribution in [0.3, 0.4) is 0 Å². The zero-order valence-electron chi connectivity index (χ0n) is 15.4. The number of nitrogens with one attached hydrogen (secondary N) is 1. The van der Waals surface area contributed by atoms with Gasteiger partial charge in [0.2, 0.25) is 11.8 Å². The van der Waals surface area contributed by atoms with Gasteiger partial charge < -0.3 is 10.2 Å². The van der Waals surface area contributed by atoms with Gasteiger partial charge in [-0.05, 0) is 36.1 Å². The molecule has 0 spiro atoms. The molecule has 4 heteroatoms. The second-order valence-corrected chi connectivity index (χ2v) is 6.69. The van der Waals surface area contributed by atoms with E-state index in [0.717, 1.165) is 11.3 Å². The van der Waals surface area contributed by atoms with Gasteiger partial charge in [-0.25, -0.2) is 0 Å². The summed E-state index contributed by atoms with van der Waals surface area (Å²) in [6.07, 6.45) is 0. The molecule has 25 heavy (non-hydrogen) atoms. The molecule has 0 unspecified atom stereocenters. The fraction of sp³-hybridized carbons (Fsp3) is 0.333. The largest absolute Gasteiger partial charge is 0.329 e. The molecule has 0 saturated heterocycles. The molecule has 0 aliphatic rings. The summed E-state index contributed by atoms with van der Waals surface area (Å²) in [5.41, 5.74) is 4.14. The smallest absolute Gasteiger partial charge is 0.244 e. The van der Waals surface area contributed by atoms with E-state index in [2.05, 4.69) is 19.2 Å². The van der Waals surface area contributed by atoms with Gasteiger partial charge in [-0.3, -0.25) is 9.59 Å². The number of hydrogen-bond acceptors (Lipinski definition) is 2. The van der Waals surface area contributed by atoms with Crippen LogP contribution in [0.15, 0.2) is 48.5 Å². The lowest BCUT2D eigenvalue weighted by atomic mass is 10.0. The second-order valence-electron chi connectivity index (χ2n) is 6.69. The Hall–Kier alpha value is -2.62. The SMILES string of the molecule is CC(=O)N(CC(=O)Nc1ccc(C(C)C)cc1)Cc1ccc(C)cc1. The van der Waals surface area contributed by atoms with Crippen molar-refractivity contribution < 1.29 is 9.59 Å². The summed E-state index contributed by atoms with van der Waals surface area (Å²) in [6, 6.07) is 15.8. The van der Waals surface area contributed by atoms with Gasteiger partial charge in [-0.1, -0.05) is 55.8 Å². The number of hydrogen-bond donors (Lipinski definition) is 1. The maximum Gasteiger partial charge on any atom is 0.244 e. The maximum absolute atomic E-state index is 12.3. The first kappa shape index (κ1) is 18.7. The number of carbonyl (C=O) groups excluding carboxylic acids is 2. The summed E-state index contributed by atoms with van der Waals surface area (Å²) >= 11 is 0. The summed E-state index contributed by atoms with van der Waals surface area (Å²) in [7, 11) is 0. The van der Waals surface area contributed by atoms with E-state index >= 15 is 0 Å². The predicted molar refractivity (Wildman–Crippen MR) is 101 cm³/mol. The lowest BCUT2D eigenvalue weighted by molar-refractivity contribution is -0.133. The lowest BCUT2D eigenvalue weighted by Crippen LogP contribution is -2.36. The summed E-state index contributed by atoms with van der Waals surface area (Å²) in [5, 5.41) is 2.86. The van der Waals surface area contributed by atoms with Gasteiger partial charge in [-0.15, -0.1) is 0 Å². The molecule has 0 fully saturated rings. The van der Waals surface area contributed by atoms with Crippen molar-refractivity contribution in [2.24, 2.45) is 0 Å². The average Bonchev–Trinajstić information content (AvgIpc) is 2.56. The van der Waals surface area contributed by atoms with Crippen LogP contribution in [0.1, 0.15) is 43.4 Å². The normalized spacial score (nSPS) is 10.6. The molecule has 4 nitrogen and oxygen atoms in total. The van der Waals surface area contributed by atoms with Gasteiger partial charge in [0.05, 0.1) is 0 Å². The summed E-state index contributed by atoms with van der Waals surface area (Å²) in [4.78, 5) is 25.7. The van der Waals surface area contributed by atoms with Crippen LogP contribution in [0.25, 0.3) is 0 Å². The lowest BCUT2D eigenvalue weighted by Gasteiger charge is -2.21. The summed E-state index contributed by atoms with van der Waals surface area (Å²) in [6.45, 7) is 8.22. The molecule has 2 aromatic rings. The topological polar surface area (TPSA) is 49.4 Å². The monoisotopic (exact) mass is 338 g/mol. The molecule has 0 heterocycles. The van der Waals surface area contributed by atoms with Crippen LogP contribution in [0.4, 0.5) is 5.69 Å². The highest BCUT2D eigenvalue weighted by Gasteiger charge is 2.14. The Kier molecular flexibility index (Phi) is 6.34. The number of rotatable bonds is 6. The minimum absolute atomic E-state index is 0.0368. The Morgan fingerprint density at radius 1 is 1.00 bits per heavy atom. The molecule has 0 bridgehead atoms. The van der Waals surface area contributed by atoms with Gasteiger partial charge >= 0.3 is 0 Å². The first-order valence-corrected chi connectivity index (χ1v) is 8.56. The first-order valence-electron chi connectivity index (χ1n) is 8.56. The minimum Gasteiger partial charge on any atom is -0.329 e. The number of nitrogens with zero attached hydrogens (tertiary/aromatic N) is 1. The Labute approximate surface area is 149 Å². The molecule has 0 radical (unpaired) electrons. The van der Waals surface area contributed by atoms with Crippen LogP contribution >= 0.6 is 0 Å². The number of aryl methyl sites for hydroxylation is 1. The van der Waals surface area contributed by atoms with E-state index in [9.17, 15) is 9.59 Å². The Bertz CT molecular complexity index is 719. The van der Waals surface area contributed by atoms with E-state index in [1.807, 2.05) is 55.5 Å². The summed E-state index contributed by atoms with van der Waals surface area (Å²) < 4.78 is 0. The van der Waals surface area contributed by atoms with Crippen LogP contribution in [0, 0.1) is 6.92 Å². The molecule has 0 aliphatic carbocycles. The Morgan fingerprint density at radius 2 is 1.60 bits per heavy atom. The molecule has 0 atom stereocenters. The quantitative estimate of drug-likeness (QED) is 0.862. The van der Waals surface area contributed by atoms with E-state index in [1.54, 1.807) is 4.90 Å². The van der Waals surface area contributed by atoms with Gasteiger partial charge in [0.1, 0.15) is 6.54 Å². The second kappa shape index (κ2) is 8.47. The van der Waals surface area contributed by atoms with Gasteiger partial charge in [0.25, 0.3) is 0 Å². The standard InChI is InChI=1S/C21H26N2O2/c1-15(2)19-9-11-20(12-10-19)22-21(25)14-23(17(4)24)13-18-7-5-16(3)6-8-18/h5-12,15H,13-14H2,1-4H3,(H,22,25). The minimum atomic E-state index is -0.195. The molecular weight excluding hydrogens is 312 g/mol. The first-order chi connectivity index (χ1) is 11.8. The van der Waals surface area contributed by atoms with Crippen molar-refractivity contribution in [3.05, 3.63) is 65.2 Å². The zero-order chi connectivity index (χ0) is 18.4. The fourth-order valence-corrected chi connectivity index (χ4v) is 2.52. The van der Waals surface area contributed by atoms with Crippen molar-refractivity contribution >= 4 is 17.5 Å². The van der Waals surface area contributed by atoms with Crippen LogP contribution in [-0.2, 0) is 16.1 Å². The zero-order valence-corrected chi connectivity index (χ0v) is 15.4. The van der Waals surface area contributed by atoms with E-state index in [1.165, 1.54) is 18.1 Å². The Morgan fingerprint density at radius 3 is 2.12 bits per heavy atom. The van der Waals surface area contributed by atoms with Crippen LogP contribution in [0.5, 0.6) is 0 Å². The number of carbonyl (C=O) groups is 2. The van der Waals surface area contributed by atoms with Crippen molar-refractivity contribution in [2.45, 2.75) is 40.2 Å². The van der Waals surface area contributed by atoms with Crippen LogP contribution in [-0.4, -0.2) is 23.3 Å². The van der Waals surface area contributed by atoms with Gasteiger partial charge in [0, 0.05) is 19.2 Å². The molecule has 2 rings (SSSR count). The average molecular weight is 338 g/mol. The third kappa shape index (κ3) is 5.75. The molecule has 0 saturated carbocycles. The predicted octanol–water partition coefficient (Wildman–Crippen LogP) is 4.11. The van der Waals surface area contributed by atoms with Crippen molar-refractivity contribution in [3.8, 4) is 0 Å². The molecule has 0 aliphatic heterocycles. The molecule has 1 N–H and O–H groups in total. The van der Waals surface area contributed by atoms with Gasteiger partial charge in [-0.2, -0.15) is 0 Å².